The van der Waals surface area contributed by atoms with E-state index in [1.807, 2.05) is 28.0 Å². The van der Waals surface area contributed by atoms with Gasteiger partial charge in [0.2, 0.25) is 11.8 Å². The Hall–Kier alpha value is -1.49. The zero-order valence-electron chi connectivity index (χ0n) is 12.2. The fraction of sp³-hybridized carbons (Fsp3) is 0.500. The highest BCUT2D eigenvalue weighted by Crippen LogP contribution is 2.45. The summed E-state index contributed by atoms with van der Waals surface area (Å²) in [5.74, 6) is 0.918. The molecule has 2 aliphatic heterocycles. The Labute approximate surface area is 129 Å². The molecule has 1 aromatic carbocycles. The molecule has 0 saturated carbocycles. The van der Waals surface area contributed by atoms with Gasteiger partial charge in [-0.15, -0.1) is 11.8 Å². The summed E-state index contributed by atoms with van der Waals surface area (Å²) in [4.78, 5) is 27.6. The maximum absolute atomic E-state index is 12.3. The first-order valence-corrected chi connectivity index (χ1v) is 8.33. The van der Waals surface area contributed by atoms with Crippen molar-refractivity contribution >= 4 is 23.6 Å². The van der Waals surface area contributed by atoms with Crippen LogP contribution in [0.2, 0.25) is 0 Å². The lowest BCUT2D eigenvalue weighted by molar-refractivity contribution is -0.134. The van der Waals surface area contributed by atoms with Crippen molar-refractivity contribution in [3.05, 3.63) is 35.9 Å². The van der Waals surface area contributed by atoms with Gasteiger partial charge in [-0.2, -0.15) is 0 Å². The number of amides is 2. The van der Waals surface area contributed by atoms with E-state index in [1.54, 1.807) is 18.7 Å². The van der Waals surface area contributed by atoms with E-state index in [-0.39, 0.29) is 16.7 Å². The summed E-state index contributed by atoms with van der Waals surface area (Å²) >= 11 is 1.75. The second kappa shape index (κ2) is 5.72. The van der Waals surface area contributed by atoms with Crippen molar-refractivity contribution in [2.45, 2.75) is 31.2 Å². The van der Waals surface area contributed by atoms with Gasteiger partial charge in [-0.3, -0.25) is 9.59 Å². The van der Waals surface area contributed by atoms with E-state index in [4.69, 9.17) is 0 Å². The minimum atomic E-state index is -0.112. The number of hydrogen-bond acceptors (Lipinski definition) is 3. The quantitative estimate of drug-likeness (QED) is 0.840. The zero-order valence-corrected chi connectivity index (χ0v) is 13.1. The Morgan fingerprint density at radius 3 is 2.52 bits per heavy atom. The van der Waals surface area contributed by atoms with Gasteiger partial charge in [0.1, 0.15) is 0 Å². The number of likely N-dealkylation sites (tertiary alicyclic amines) is 1. The van der Waals surface area contributed by atoms with E-state index in [1.165, 1.54) is 5.56 Å². The van der Waals surface area contributed by atoms with Crippen molar-refractivity contribution in [3.8, 4) is 0 Å². The molecular weight excluding hydrogens is 284 g/mol. The maximum atomic E-state index is 12.3. The molecule has 21 heavy (non-hydrogen) atoms. The van der Waals surface area contributed by atoms with Crippen molar-refractivity contribution in [2.24, 2.45) is 0 Å². The van der Waals surface area contributed by atoms with Crippen LogP contribution in [0.1, 0.15) is 25.3 Å². The average Bonchev–Trinajstić information content (AvgIpc) is 2.78. The fourth-order valence-electron chi connectivity index (χ4n) is 3.16. The molecule has 112 valence electrons. The summed E-state index contributed by atoms with van der Waals surface area (Å²) in [6, 6.07) is 10.1. The molecule has 0 N–H and O–H groups in total. The average molecular weight is 304 g/mol. The van der Waals surface area contributed by atoms with E-state index in [0.717, 1.165) is 25.9 Å². The number of nitrogens with zero attached hydrogens (tertiary/aromatic N) is 2. The molecular formula is C16H20N2O2S. The summed E-state index contributed by atoms with van der Waals surface area (Å²) in [6.07, 6.45) is 1.74. The summed E-state index contributed by atoms with van der Waals surface area (Å²) in [5.41, 5.74) is 1.17. The van der Waals surface area contributed by atoms with Crippen molar-refractivity contribution in [2.75, 3.05) is 18.8 Å². The molecule has 2 fully saturated rings. The molecule has 2 heterocycles. The summed E-state index contributed by atoms with van der Waals surface area (Å²) in [6.45, 7) is 3.79. The first kappa shape index (κ1) is 14.4. The van der Waals surface area contributed by atoms with E-state index < -0.39 is 0 Å². The molecule has 2 amide bonds. The van der Waals surface area contributed by atoms with Crippen LogP contribution in [-0.4, -0.2) is 45.3 Å². The highest BCUT2D eigenvalue weighted by Gasteiger charge is 2.47. The Morgan fingerprint density at radius 1 is 1.24 bits per heavy atom. The van der Waals surface area contributed by atoms with Crippen LogP contribution in [0.25, 0.3) is 0 Å². The summed E-state index contributed by atoms with van der Waals surface area (Å²) < 4.78 is 0. The highest BCUT2D eigenvalue weighted by molar-refractivity contribution is 8.01. The molecule has 5 heteroatoms. The fourth-order valence-corrected chi connectivity index (χ4v) is 4.50. The van der Waals surface area contributed by atoms with E-state index in [0.29, 0.717) is 12.3 Å². The molecule has 0 atom stereocenters. The number of benzene rings is 1. The second-order valence-corrected chi connectivity index (χ2v) is 7.04. The minimum Gasteiger partial charge on any atom is -0.343 e. The monoisotopic (exact) mass is 304 g/mol. The molecule has 0 bridgehead atoms. The molecule has 3 rings (SSSR count). The van der Waals surface area contributed by atoms with E-state index in [9.17, 15) is 9.59 Å². The molecule has 4 nitrogen and oxygen atoms in total. The third-order valence-corrected chi connectivity index (χ3v) is 5.99. The molecule has 0 radical (unpaired) electrons. The van der Waals surface area contributed by atoms with Crippen LogP contribution in [0.5, 0.6) is 0 Å². The SMILES string of the molecule is CC(=O)N1CCC2(CC1)SCC(=O)N2Cc1ccccc1. The summed E-state index contributed by atoms with van der Waals surface area (Å²) in [7, 11) is 0. The molecule has 2 aliphatic rings. The molecule has 0 aromatic heterocycles. The second-order valence-electron chi connectivity index (χ2n) is 5.71. The largest absolute Gasteiger partial charge is 0.343 e. The van der Waals surface area contributed by atoms with Crippen LogP contribution in [0.3, 0.4) is 0 Å². The number of piperidine rings is 1. The van der Waals surface area contributed by atoms with Crippen molar-refractivity contribution in [1.82, 2.24) is 9.80 Å². The van der Waals surface area contributed by atoms with Crippen LogP contribution >= 0.6 is 11.8 Å². The third kappa shape index (κ3) is 2.79. The van der Waals surface area contributed by atoms with Crippen LogP contribution in [0, 0.1) is 0 Å². The smallest absolute Gasteiger partial charge is 0.234 e. The lowest BCUT2D eigenvalue weighted by atomic mass is 10.0. The molecule has 0 aliphatic carbocycles. The Morgan fingerprint density at radius 2 is 1.90 bits per heavy atom. The van der Waals surface area contributed by atoms with Crippen LogP contribution < -0.4 is 0 Å². The Bertz CT molecular complexity index is 538. The van der Waals surface area contributed by atoms with Crippen LogP contribution in [0.4, 0.5) is 0 Å². The number of carbonyl (C=O) groups excluding carboxylic acids is 2. The van der Waals surface area contributed by atoms with Crippen molar-refractivity contribution in [1.29, 1.82) is 0 Å². The van der Waals surface area contributed by atoms with E-state index >= 15 is 0 Å². The van der Waals surface area contributed by atoms with Crippen molar-refractivity contribution in [3.63, 3.8) is 0 Å². The van der Waals surface area contributed by atoms with Gasteiger partial charge in [0, 0.05) is 26.6 Å². The van der Waals surface area contributed by atoms with Gasteiger partial charge in [0.25, 0.3) is 0 Å². The van der Waals surface area contributed by atoms with Crippen molar-refractivity contribution < 1.29 is 9.59 Å². The van der Waals surface area contributed by atoms with Gasteiger partial charge >= 0.3 is 0 Å². The predicted molar refractivity (Wildman–Crippen MR) is 83.7 cm³/mol. The number of rotatable bonds is 2. The number of hydrogen-bond donors (Lipinski definition) is 0. The normalized spacial score (nSPS) is 21.1. The molecule has 1 spiro atoms. The first-order valence-electron chi connectivity index (χ1n) is 7.35. The maximum Gasteiger partial charge on any atom is 0.234 e. The Kier molecular flexibility index (Phi) is 3.93. The minimum absolute atomic E-state index is 0.112. The molecule has 1 aromatic rings. The number of carbonyl (C=O) groups is 2. The number of thioether (sulfide) groups is 1. The summed E-state index contributed by atoms with van der Waals surface area (Å²) in [5, 5.41) is 0. The Balaban J connectivity index is 1.75. The lowest BCUT2D eigenvalue weighted by Crippen LogP contribution is -2.52. The van der Waals surface area contributed by atoms with Crippen LogP contribution in [-0.2, 0) is 16.1 Å². The molecule has 2 saturated heterocycles. The van der Waals surface area contributed by atoms with Gasteiger partial charge in [-0.25, -0.2) is 0 Å². The van der Waals surface area contributed by atoms with Gasteiger partial charge in [-0.05, 0) is 18.4 Å². The highest BCUT2D eigenvalue weighted by atomic mass is 32.2. The predicted octanol–water partition coefficient (Wildman–Crippen LogP) is 2.10. The first-order chi connectivity index (χ1) is 10.1. The standard InChI is InChI=1S/C16H20N2O2S/c1-13(19)17-9-7-16(8-10-17)18(15(20)12-21-16)11-14-5-3-2-4-6-14/h2-6H,7-12H2,1H3. The van der Waals surface area contributed by atoms with Gasteiger partial charge in [0.15, 0.2) is 0 Å². The lowest BCUT2D eigenvalue weighted by Gasteiger charge is -2.43. The van der Waals surface area contributed by atoms with E-state index in [2.05, 4.69) is 12.1 Å². The van der Waals surface area contributed by atoms with Crippen LogP contribution in [0.15, 0.2) is 30.3 Å². The third-order valence-electron chi connectivity index (χ3n) is 4.43. The topological polar surface area (TPSA) is 40.6 Å². The molecule has 0 unspecified atom stereocenters. The van der Waals surface area contributed by atoms with Gasteiger partial charge < -0.3 is 9.80 Å². The van der Waals surface area contributed by atoms with Gasteiger partial charge in [-0.1, -0.05) is 30.3 Å². The van der Waals surface area contributed by atoms with Gasteiger partial charge in [0.05, 0.1) is 10.6 Å². The zero-order chi connectivity index (χ0) is 14.9.